The summed E-state index contributed by atoms with van der Waals surface area (Å²) in [6, 6.07) is 10.1. The molecule has 0 aromatic heterocycles. The van der Waals surface area contributed by atoms with E-state index in [1.807, 2.05) is 56.3 Å². The molecule has 4 heteroatoms. The van der Waals surface area contributed by atoms with Crippen LogP contribution in [-0.4, -0.2) is 49.4 Å². The highest BCUT2D eigenvalue weighted by molar-refractivity contribution is 5.78. The number of carbonyl (C=O) groups is 1. The van der Waals surface area contributed by atoms with Crippen LogP contribution >= 0.6 is 0 Å². The smallest absolute Gasteiger partial charge is 0.236 e. The molecule has 0 saturated carbocycles. The molecule has 0 aliphatic carbocycles. The third-order valence-electron chi connectivity index (χ3n) is 3.17. The highest BCUT2D eigenvalue weighted by Gasteiger charge is 2.17. The van der Waals surface area contributed by atoms with E-state index >= 15 is 0 Å². The van der Waals surface area contributed by atoms with Crippen molar-refractivity contribution in [3.8, 4) is 0 Å². The Labute approximate surface area is 109 Å². The van der Waals surface area contributed by atoms with Gasteiger partial charge in [0.25, 0.3) is 0 Å². The zero-order chi connectivity index (χ0) is 13.5. The van der Waals surface area contributed by atoms with Gasteiger partial charge in [0.1, 0.15) is 0 Å². The van der Waals surface area contributed by atoms with E-state index in [1.165, 1.54) is 0 Å². The van der Waals surface area contributed by atoms with Crippen molar-refractivity contribution in [1.29, 1.82) is 0 Å². The molecule has 18 heavy (non-hydrogen) atoms. The van der Waals surface area contributed by atoms with Crippen LogP contribution in [0.4, 0.5) is 0 Å². The summed E-state index contributed by atoms with van der Waals surface area (Å²) in [7, 11) is 3.75. The van der Waals surface area contributed by atoms with Gasteiger partial charge in [-0.05, 0) is 19.5 Å². The second kappa shape index (κ2) is 7.13. The summed E-state index contributed by atoms with van der Waals surface area (Å²) in [4.78, 5) is 15.8. The third-order valence-corrected chi connectivity index (χ3v) is 3.17. The van der Waals surface area contributed by atoms with Crippen LogP contribution in [0.25, 0.3) is 0 Å². The number of carbonyl (C=O) groups excluding carboxylic acids is 1. The van der Waals surface area contributed by atoms with Crippen molar-refractivity contribution in [2.24, 2.45) is 5.73 Å². The molecule has 2 N–H and O–H groups in total. The van der Waals surface area contributed by atoms with Crippen LogP contribution in [0.3, 0.4) is 0 Å². The molecule has 100 valence electrons. The van der Waals surface area contributed by atoms with Gasteiger partial charge in [-0.15, -0.1) is 0 Å². The number of hydrogen-bond acceptors (Lipinski definition) is 3. The van der Waals surface area contributed by atoms with Gasteiger partial charge in [0.15, 0.2) is 0 Å². The minimum atomic E-state index is 0.0879. The Hall–Kier alpha value is -1.39. The van der Waals surface area contributed by atoms with Crippen molar-refractivity contribution in [1.82, 2.24) is 9.80 Å². The van der Waals surface area contributed by atoms with E-state index in [4.69, 9.17) is 5.73 Å². The van der Waals surface area contributed by atoms with E-state index < -0.39 is 0 Å². The maximum atomic E-state index is 12.1. The minimum Gasteiger partial charge on any atom is -0.338 e. The Balaban J connectivity index is 2.58. The molecule has 0 fully saturated rings. The number of likely N-dealkylation sites (N-methyl/N-ethyl adjacent to an activating group) is 2. The lowest BCUT2D eigenvalue weighted by Crippen LogP contribution is -2.39. The van der Waals surface area contributed by atoms with Gasteiger partial charge in [0.2, 0.25) is 5.91 Å². The maximum absolute atomic E-state index is 12.1. The van der Waals surface area contributed by atoms with Crippen molar-refractivity contribution in [3.63, 3.8) is 0 Å². The number of hydrogen-bond donors (Lipinski definition) is 1. The number of benzene rings is 1. The van der Waals surface area contributed by atoms with Crippen LogP contribution in [0.2, 0.25) is 0 Å². The van der Waals surface area contributed by atoms with E-state index in [0.29, 0.717) is 13.1 Å². The zero-order valence-corrected chi connectivity index (χ0v) is 11.5. The van der Waals surface area contributed by atoms with Crippen LogP contribution in [-0.2, 0) is 4.79 Å². The number of amides is 1. The molecule has 0 bridgehead atoms. The molecule has 1 amide bonds. The molecule has 0 saturated heterocycles. The molecule has 1 aromatic rings. The van der Waals surface area contributed by atoms with Crippen LogP contribution in [0.1, 0.15) is 18.5 Å². The summed E-state index contributed by atoms with van der Waals surface area (Å²) in [6.07, 6.45) is 0. The van der Waals surface area contributed by atoms with Crippen LogP contribution < -0.4 is 5.73 Å². The van der Waals surface area contributed by atoms with Gasteiger partial charge in [-0.25, -0.2) is 0 Å². The SMILES string of the molecule is CC(c1ccccc1)N(C)C(=O)CN(C)CCN. The molecule has 1 aromatic carbocycles. The molecule has 0 heterocycles. The van der Waals surface area contributed by atoms with Crippen LogP contribution in [0.15, 0.2) is 30.3 Å². The van der Waals surface area contributed by atoms with Crippen molar-refractivity contribution in [2.45, 2.75) is 13.0 Å². The predicted molar refractivity (Wildman–Crippen MR) is 74.2 cm³/mol. The first kappa shape index (κ1) is 14.7. The largest absolute Gasteiger partial charge is 0.338 e. The summed E-state index contributed by atoms with van der Waals surface area (Å²) >= 11 is 0. The molecule has 1 unspecified atom stereocenters. The van der Waals surface area contributed by atoms with E-state index in [-0.39, 0.29) is 11.9 Å². The first-order valence-electron chi connectivity index (χ1n) is 6.25. The van der Waals surface area contributed by atoms with Crippen molar-refractivity contribution < 1.29 is 4.79 Å². The standard InChI is InChI=1S/C14H23N3O/c1-12(13-7-5-4-6-8-13)17(3)14(18)11-16(2)10-9-15/h4-8,12H,9-11,15H2,1-3H3. The highest BCUT2D eigenvalue weighted by atomic mass is 16.2. The molecule has 0 aliphatic heterocycles. The van der Waals surface area contributed by atoms with Gasteiger partial charge in [-0.1, -0.05) is 30.3 Å². The van der Waals surface area contributed by atoms with Crippen molar-refractivity contribution in [3.05, 3.63) is 35.9 Å². The van der Waals surface area contributed by atoms with E-state index in [2.05, 4.69) is 0 Å². The molecular formula is C14H23N3O. The van der Waals surface area contributed by atoms with Gasteiger partial charge in [-0.2, -0.15) is 0 Å². The van der Waals surface area contributed by atoms with Gasteiger partial charge in [-0.3, -0.25) is 9.69 Å². The van der Waals surface area contributed by atoms with Crippen molar-refractivity contribution >= 4 is 5.91 Å². The Morgan fingerprint density at radius 1 is 1.28 bits per heavy atom. The highest BCUT2D eigenvalue weighted by Crippen LogP contribution is 2.18. The zero-order valence-electron chi connectivity index (χ0n) is 11.5. The molecular weight excluding hydrogens is 226 g/mol. The average molecular weight is 249 g/mol. The fraction of sp³-hybridized carbons (Fsp3) is 0.500. The van der Waals surface area contributed by atoms with Gasteiger partial charge < -0.3 is 10.6 Å². The molecule has 0 spiro atoms. The lowest BCUT2D eigenvalue weighted by molar-refractivity contribution is -0.132. The number of nitrogens with zero attached hydrogens (tertiary/aromatic N) is 2. The maximum Gasteiger partial charge on any atom is 0.236 e. The molecule has 1 rings (SSSR count). The Kier molecular flexibility index (Phi) is 5.82. The first-order valence-corrected chi connectivity index (χ1v) is 6.25. The molecule has 0 radical (unpaired) electrons. The first-order chi connectivity index (χ1) is 8.56. The molecule has 1 atom stereocenters. The quantitative estimate of drug-likeness (QED) is 0.821. The predicted octanol–water partition coefficient (Wildman–Crippen LogP) is 1.10. The van der Waals surface area contributed by atoms with E-state index in [0.717, 1.165) is 12.1 Å². The van der Waals surface area contributed by atoms with Gasteiger partial charge in [0.05, 0.1) is 12.6 Å². The summed E-state index contributed by atoms with van der Waals surface area (Å²) in [5.41, 5.74) is 6.61. The Morgan fingerprint density at radius 3 is 2.44 bits per heavy atom. The second-order valence-electron chi connectivity index (χ2n) is 4.62. The average Bonchev–Trinajstić information content (AvgIpc) is 2.38. The lowest BCUT2D eigenvalue weighted by atomic mass is 10.1. The topological polar surface area (TPSA) is 49.6 Å². The summed E-state index contributed by atoms with van der Waals surface area (Å²) in [6.45, 7) is 3.75. The minimum absolute atomic E-state index is 0.0879. The second-order valence-corrected chi connectivity index (χ2v) is 4.62. The Bertz CT molecular complexity index is 367. The van der Waals surface area contributed by atoms with Crippen LogP contribution in [0.5, 0.6) is 0 Å². The summed E-state index contributed by atoms with van der Waals surface area (Å²) in [5, 5.41) is 0. The van der Waals surface area contributed by atoms with Gasteiger partial charge in [0, 0.05) is 20.1 Å². The molecule has 4 nitrogen and oxygen atoms in total. The summed E-state index contributed by atoms with van der Waals surface area (Å²) in [5.74, 6) is 0.113. The Morgan fingerprint density at radius 2 is 1.89 bits per heavy atom. The molecule has 0 aliphatic rings. The number of rotatable bonds is 6. The fourth-order valence-electron chi connectivity index (χ4n) is 1.81. The van der Waals surface area contributed by atoms with Gasteiger partial charge >= 0.3 is 0 Å². The number of nitrogens with two attached hydrogens (primary N) is 1. The van der Waals surface area contributed by atoms with Crippen LogP contribution in [0, 0.1) is 0 Å². The third kappa shape index (κ3) is 4.13. The normalized spacial score (nSPS) is 12.5. The fourth-order valence-corrected chi connectivity index (χ4v) is 1.81. The lowest BCUT2D eigenvalue weighted by Gasteiger charge is -2.27. The van der Waals surface area contributed by atoms with E-state index in [9.17, 15) is 4.79 Å². The monoisotopic (exact) mass is 249 g/mol. The van der Waals surface area contributed by atoms with E-state index in [1.54, 1.807) is 4.90 Å². The van der Waals surface area contributed by atoms with Crippen molar-refractivity contribution in [2.75, 3.05) is 33.7 Å². The summed E-state index contributed by atoms with van der Waals surface area (Å²) < 4.78 is 0.